The lowest BCUT2D eigenvalue weighted by atomic mass is 10.3. The number of carbonyl (C=O) groups excluding carboxylic acids is 1. The standard InChI is InChI=1S/C24H22ClN3O4S/c1-3-31-17-7-9-18(10-8-17)32-15-21(29)28(14-16-6-4-5-13-26-16)24-27-22-20(30-2)12-11-19(25)23(22)33-24/h4-13H,3,14-15H2,1-2H3. The van der Waals surface area contributed by atoms with Gasteiger partial charge in [0.1, 0.15) is 22.8 Å². The minimum Gasteiger partial charge on any atom is -0.494 e. The lowest BCUT2D eigenvalue weighted by Gasteiger charge is -2.19. The normalized spacial score (nSPS) is 10.8. The number of anilines is 1. The molecule has 33 heavy (non-hydrogen) atoms. The van der Waals surface area contributed by atoms with Crippen LogP contribution in [-0.4, -0.2) is 36.2 Å². The van der Waals surface area contributed by atoms with E-state index in [0.29, 0.717) is 33.8 Å². The lowest BCUT2D eigenvalue weighted by Crippen LogP contribution is -2.34. The van der Waals surface area contributed by atoms with E-state index >= 15 is 0 Å². The van der Waals surface area contributed by atoms with Gasteiger partial charge in [-0.1, -0.05) is 29.0 Å². The summed E-state index contributed by atoms with van der Waals surface area (Å²) in [6, 6.07) is 16.2. The maximum Gasteiger partial charge on any atom is 0.267 e. The summed E-state index contributed by atoms with van der Waals surface area (Å²) in [4.78, 5) is 23.8. The fourth-order valence-corrected chi connectivity index (χ4v) is 4.43. The molecule has 0 radical (unpaired) electrons. The van der Waals surface area contributed by atoms with Crippen LogP contribution in [0.15, 0.2) is 60.8 Å². The van der Waals surface area contributed by atoms with Gasteiger partial charge in [-0.05, 0) is 55.5 Å². The summed E-state index contributed by atoms with van der Waals surface area (Å²) in [6.07, 6.45) is 1.69. The SMILES string of the molecule is CCOc1ccc(OCC(=O)N(Cc2ccccn2)c2nc3c(OC)ccc(Cl)c3s2)cc1. The van der Waals surface area contributed by atoms with Gasteiger partial charge in [-0.15, -0.1) is 0 Å². The number of amides is 1. The Labute approximate surface area is 200 Å². The molecule has 0 fully saturated rings. The molecule has 9 heteroatoms. The molecule has 0 aliphatic rings. The van der Waals surface area contributed by atoms with Crippen molar-refractivity contribution in [3.8, 4) is 17.2 Å². The zero-order valence-electron chi connectivity index (χ0n) is 18.2. The Morgan fingerprint density at radius 2 is 1.82 bits per heavy atom. The van der Waals surface area contributed by atoms with Crippen LogP contribution in [0.5, 0.6) is 17.2 Å². The number of ether oxygens (including phenoxy) is 3. The van der Waals surface area contributed by atoms with Crippen molar-refractivity contribution in [2.75, 3.05) is 25.2 Å². The highest BCUT2D eigenvalue weighted by atomic mass is 35.5. The zero-order valence-corrected chi connectivity index (χ0v) is 19.7. The first kappa shape index (κ1) is 22.8. The first-order valence-electron chi connectivity index (χ1n) is 10.3. The van der Waals surface area contributed by atoms with Gasteiger partial charge in [-0.2, -0.15) is 0 Å². The van der Waals surface area contributed by atoms with Crippen LogP contribution in [0.1, 0.15) is 12.6 Å². The maximum atomic E-state index is 13.3. The number of halogens is 1. The predicted octanol–water partition coefficient (Wildman–Crippen LogP) is 5.36. The molecule has 0 atom stereocenters. The molecule has 0 N–H and O–H groups in total. The topological polar surface area (TPSA) is 73.8 Å². The Morgan fingerprint density at radius 1 is 1.06 bits per heavy atom. The summed E-state index contributed by atoms with van der Waals surface area (Å²) >= 11 is 7.70. The fourth-order valence-electron chi connectivity index (χ4n) is 3.16. The molecule has 170 valence electrons. The number of fused-ring (bicyclic) bond motifs is 1. The van der Waals surface area contributed by atoms with Crippen LogP contribution in [0.3, 0.4) is 0 Å². The van der Waals surface area contributed by atoms with E-state index in [4.69, 9.17) is 25.8 Å². The van der Waals surface area contributed by atoms with Gasteiger partial charge in [0.25, 0.3) is 5.91 Å². The summed E-state index contributed by atoms with van der Waals surface area (Å²) in [7, 11) is 1.57. The van der Waals surface area contributed by atoms with Gasteiger partial charge in [-0.3, -0.25) is 14.7 Å². The summed E-state index contributed by atoms with van der Waals surface area (Å²) in [5.74, 6) is 1.64. The highest BCUT2D eigenvalue weighted by Crippen LogP contribution is 2.39. The number of thiazole rings is 1. The number of aromatic nitrogens is 2. The van der Waals surface area contributed by atoms with Crippen LogP contribution < -0.4 is 19.1 Å². The van der Waals surface area contributed by atoms with Gasteiger partial charge in [-0.25, -0.2) is 4.98 Å². The van der Waals surface area contributed by atoms with Crippen molar-refractivity contribution in [3.05, 3.63) is 71.5 Å². The second kappa shape index (κ2) is 10.5. The van der Waals surface area contributed by atoms with E-state index in [9.17, 15) is 4.79 Å². The molecule has 2 aromatic carbocycles. The van der Waals surface area contributed by atoms with Gasteiger partial charge in [0.15, 0.2) is 11.7 Å². The molecular formula is C24H22ClN3O4S. The van der Waals surface area contributed by atoms with Gasteiger partial charge < -0.3 is 14.2 Å². The second-order valence-electron chi connectivity index (χ2n) is 6.92. The van der Waals surface area contributed by atoms with E-state index in [-0.39, 0.29) is 19.1 Å². The van der Waals surface area contributed by atoms with Gasteiger partial charge >= 0.3 is 0 Å². The van der Waals surface area contributed by atoms with Crippen LogP contribution >= 0.6 is 22.9 Å². The Kier molecular flexibility index (Phi) is 7.26. The molecule has 0 aliphatic heterocycles. The summed E-state index contributed by atoms with van der Waals surface area (Å²) in [5, 5.41) is 1.03. The van der Waals surface area contributed by atoms with Gasteiger partial charge in [0.05, 0.1) is 35.7 Å². The summed E-state index contributed by atoms with van der Waals surface area (Å²) < 4.78 is 17.4. The molecule has 0 aliphatic carbocycles. The van der Waals surface area contributed by atoms with Crippen molar-refractivity contribution in [1.29, 1.82) is 0 Å². The van der Waals surface area contributed by atoms with E-state index < -0.39 is 0 Å². The monoisotopic (exact) mass is 483 g/mol. The smallest absolute Gasteiger partial charge is 0.267 e. The second-order valence-corrected chi connectivity index (χ2v) is 8.30. The quantitative estimate of drug-likeness (QED) is 0.319. The number of benzene rings is 2. The molecule has 0 spiro atoms. The van der Waals surface area contributed by atoms with E-state index in [2.05, 4.69) is 9.97 Å². The molecule has 0 unspecified atom stereocenters. The number of methoxy groups -OCH3 is 1. The van der Waals surface area contributed by atoms with E-state index in [1.165, 1.54) is 11.3 Å². The minimum absolute atomic E-state index is 0.165. The van der Waals surface area contributed by atoms with Crippen LogP contribution in [-0.2, 0) is 11.3 Å². The number of rotatable bonds is 9. The molecule has 4 aromatic rings. The average molecular weight is 484 g/mol. The molecular weight excluding hydrogens is 462 g/mol. The Bertz CT molecular complexity index is 1230. The molecule has 7 nitrogen and oxygen atoms in total. The van der Waals surface area contributed by atoms with Crippen molar-refractivity contribution in [2.45, 2.75) is 13.5 Å². The first-order valence-corrected chi connectivity index (χ1v) is 11.5. The molecule has 2 heterocycles. The van der Waals surface area contributed by atoms with Crippen LogP contribution in [0.2, 0.25) is 5.02 Å². The maximum absolute atomic E-state index is 13.3. The summed E-state index contributed by atoms with van der Waals surface area (Å²) in [5.41, 5.74) is 1.33. The third-order valence-corrected chi connectivity index (χ3v) is 6.28. The van der Waals surface area contributed by atoms with E-state index in [0.717, 1.165) is 16.1 Å². The highest BCUT2D eigenvalue weighted by Gasteiger charge is 2.23. The fraction of sp³-hybridized carbons (Fsp3) is 0.208. The molecule has 1 amide bonds. The average Bonchev–Trinajstić information content (AvgIpc) is 3.29. The van der Waals surface area contributed by atoms with Crippen molar-refractivity contribution < 1.29 is 19.0 Å². The Hall–Kier alpha value is -3.36. The third kappa shape index (κ3) is 5.35. The van der Waals surface area contributed by atoms with E-state index in [1.54, 1.807) is 54.6 Å². The minimum atomic E-state index is -0.260. The van der Waals surface area contributed by atoms with Crippen molar-refractivity contribution in [3.63, 3.8) is 0 Å². The Balaban J connectivity index is 1.60. The lowest BCUT2D eigenvalue weighted by molar-refractivity contribution is -0.120. The number of nitrogens with zero attached hydrogens (tertiary/aromatic N) is 3. The van der Waals surface area contributed by atoms with Crippen molar-refractivity contribution in [1.82, 2.24) is 9.97 Å². The van der Waals surface area contributed by atoms with Gasteiger partial charge in [0.2, 0.25) is 0 Å². The largest absolute Gasteiger partial charge is 0.494 e. The van der Waals surface area contributed by atoms with Crippen LogP contribution in [0, 0.1) is 0 Å². The molecule has 0 bridgehead atoms. The summed E-state index contributed by atoms with van der Waals surface area (Å²) in [6.45, 7) is 2.58. The molecule has 0 saturated heterocycles. The molecule has 4 rings (SSSR count). The zero-order chi connectivity index (χ0) is 23.2. The predicted molar refractivity (Wildman–Crippen MR) is 130 cm³/mol. The highest BCUT2D eigenvalue weighted by molar-refractivity contribution is 7.23. The number of pyridine rings is 1. The third-order valence-electron chi connectivity index (χ3n) is 4.74. The number of hydrogen-bond acceptors (Lipinski definition) is 7. The molecule has 0 saturated carbocycles. The first-order chi connectivity index (χ1) is 16.1. The number of carbonyl (C=O) groups is 1. The van der Waals surface area contributed by atoms with E-state index in [1.807, 2.05) is 25.1 Å². The molecule has 2 aromatic heterocycles. The van der Waals surface area contributed by atoms with Crippen LogP contribution in [0.25, 0.3) is 10.2 Å². The van der Waals surface area contributed by atoms with Gasteiger partial charge in [0, 0.05) is 6.20 Å². The Morgan fingerprint density at radius 3 is 2.48 bits per heavy atom. The van der Waals surface area contributed by atoms with Crippen molar-refractivity contribution in [2.24, 2.45) is 0 Å². The number of hydrogen-bond donors (Lipinski definition) is 0. The van der Waals surface area contributed by atoms with Crippen molar-refractivity contribution >= 4 is 44.2 Å². The van der Waals surface area contributed by atoms with Crippen LogP contribution in [0.4, 0.5) is 5.13 Å².